The van der Waals surface area contributed by atoms with Crippen molar-refractivity contribution in [3.05, 3.63) is 45.5 Å². The van der Waals surface area contributed by atoms with E-state index in [-0.39, 0.29) is 0 Å². The fraction of sp³-hybridized carbons (Fsp3) is 0.538. The molecular formula is C26H33F3N2O7. The van der Waals surface area contributed by atoms with Crippen molar-refractivity contribution in [2.75, 3.05) is 18.6 Å². The third-order valence-corrected chi connectivity index (χ3v) is 4.87. The lowest BCUT2D eigenvalue weighted by molar-refractivity contribution is -0.174. The van der Waals surface area contributed by atoms with Gasteiger partial charge in [-0.1, -0.05) is 0 Å². The maximum absolute atomic E-state index is 15.0. The molecule has 9 nitrogen and oxygen atoms in total. The summed E-state index contributed by atoms with van der Waals surface area (Å²) in [5.41, 5.74) is -4.36. The van der Waals surface area contributed by atoms with Crippen LogP contribution in [0.4, 0.5) is 13.2 Å². The van der Waals surface area contributed by atoms with E-state index >= 15 is 4.39 Å². The third-order valence-electron chi connectivity index (χ3n) is 4.87. The molecule has 2 rings (SSSR count). The van der Waals surface area contributed by atoms with E-state index in [0.717, 1.165) is 15.9 Å². The van der Waals surface area contributed by atoms with Gasteiger partial charge in [-0.2, -0.15) is 0 Å². The Morgan fingerprint density at radius 1 is 0.947 bits per heavy atom. The van der Waals surface area contributed by atoms with Gasteiger partial charge >= 0.3 is 17.9 Å². The van der Waals surface area contributed by atoms with Crippen LogP contribution in [0.25, 0.3) is 10.9 Å². The smallest absolute Gasteiger partial charge is 0.343 e. The first kappa shape index (κ1) is 30.7. The van der Waals surface area contributed by atoms with E-state index in [2.05, 4.69) is 0 Å². The van der Waals surface area contributed by atoms with Gasteiger partial charge in [0, 0.05) is 13.2 Å². The van der Waals surface area contributed by atoms with Gasteiger partial charge in [0.1, 0.15) is 22.3 Å². The number of rotatable bonds is 7. The van der Waals surface area contributed by atoms with E-state index in [0.29, 0.717) is 6.07 Å². The van der Waals surface area contributed by atoms with E-state index in [9.17, 15) is 28.0 Å². The number of fused-ring (bicyclic) bond motifs is 1. The minimum Gasteiger partial charge on any atom is -0.459 e. The Balaban J connectivity index is 2.73. The van der Waals surface area contributed by atoms with Crippen molar-refractivity contribution in [2.24, 2.45) is 5.92 Å². The number of hydrogen-bond acceptors (Lipinski definition) is 8. The molecule has 0 N–H and O–H groups in total. The molecule has 2 aromatic rings. The van der Waals surface area contributed by atoms with E-state index in [1.54, 1.807) is 41.5 Å². The summed E-state index contributed by atoms with van der Waals surface area (Å²) >= 11 is 0. The van der Waals surface area contributed by atoms with Crippen molar-refractivity contribution in [1.82, 2.24) is 4.68 Å². The van der Waals surface area contributed by atoms with Gasteiger partial charge < -0.3 is 19.2 Å². The second kappa shape index (κ2) is 11.0. The van der Waals surface area contributed by atoms with Crippen LogP contribution in [0.3, 0.4) is 0 Å². The van der Waals surface area contributed by atoms with Crippen LogP contribution in [0.5, 0.6) is 0 Å². The quantitative estimate of drug-likeness (QED) is 0.225. The molecule has 1 aromatic heterocycles. The number of pyridine rings is 1. The number of ether oxygens (including phenoxy) is 3. The molecule has 0 aliphatic carbocycles. The molecular weight excluding hydrogens is 509 g/mol. The largest absolute Gasteiger partial charge is 0.459 e. The predicted octanol–water partition coefficient (Wildman–Crippen LogP) is 3.85. The van der Waals surface area contributed by atoms with Crippen LogP contribution in [-0.4, -0.2) is 53.5 Å². The predicted molar refractivity (Wildman–Crippen MR) is 133 cm³/mol. The molecule has 0 unspecified atom stereocenters. The maximum atomic E-state index is 15.0. The number of hydrogen-bond donors (Lipinski definition) is 0. The first-order valence-electron chi connectivity index (χ1n) is 11.8. The van der Waals surface area contributed by atoms with Gasteiger partial charge in [0.15, 0.2) is 23.4 Å². The Morgan fingerprint density at radius 3 is 1.89 bits per heavy atom. The van der Waals surface area contributed by atoms with E-state index < -0.39 is 87.0 Å². The third kappa shape index (κ3) is 7.26. The van der Waals surface area contributed by atoms with Gasteiger partial charge in [-0.15, -0.1) is 0 Å². The highest BCUT2D eigenvalue weighted by molar-refractivity contribution is 5.96. The Bertz CT molecular complexity index is 1280. The zero-order chi connectivity index (χ0) is 29.3. The Labute approximate surface area is 218 Å². The molecule has 0 fully saturated rings. The SMILES string of the molecule is CC(C)OC(=O)c1cn(N(C)CC(C(=O)OC(C)(C)C)C(=O)OC(C)(C)C)c2c(F)c(F)c(F)cc2c1=O. The molecule has 0 atom stereocenters. The molecule has 0 spiro atoms. The first-order chi connectivity index (χ1) is 17.2. The molecule has 1 heterocycles. The van der Waals surface area contributed by atoms with E-state index in [1.165, 1.54) is 20.9 Å². The number of carbonyl (C=O) groups is 3. The lowest BCUT2D eigenvalue weighted by atomic mass is 10.1. The highest BCUT2D eigenvalue weighted by Crippen LogP contribution is 2.24. The second-order valence-electron chi connectivity index (χ2n) is 11.0. The van der Waals surface area contributed by atoms with Crippen LogP contribution >= 0.6 is 0 Å². The standard InChI is InChI=1S/C26H33F3N2O7/c1-13(2)36-22(33)15-12-31(20-14(21(15)32)10-17(27)18(28)19(20)29)30(9)11-16(23(34)37-25(3,4)5)24(35)38-26(6,7)8/h10,12-13,16H,11H2,1-9H3. The molecule has 210 valence electrons. The summed E-state index contributed by atoms with van der Waals surface area (Å²) in [4.78, 5) is 51.5. The number of halogens is 3. The van der Waals surface area contributed by atoms with Gasteiger partial charge in [0.25, 0.3) is 0 Å². The van der Waals surface area contributed by atoms with Crippen LogP contribution in [0.2, 0.25) is 0 Å². The summed E-state index contributed by atoms with van der Waals surface area (Å²) in [5, 5.41) is 0.421. The molecule has 0 aliphatic heterocycles. The van der Waals surface area contributed by atoms with Crippen LogP contribution in [-0.2, 0) is 23.8 Å². The van der Waals surface area contributed by atoms with Gasteiger partial charge in [-0.3, -0.25) is 19.1 Å². The average molecular weight is 543 g/mol. The van der Waals surface area contributed by atoms with Crippen LogP contribution < -0.4 is 10.4 Å². The van der Waals surface area contributed by atoms with Crippen molar-refractivity contribution >= 4 is 28.8 Å². The van der Waals surface area contributed by atoms with Crippen molar-refractivity contribution in [3.8, 4) is 0 Å². The monoisotopic (exact) mass is 542 g/mol. The molecule has 0 aliphatic rings. The Kier molecular flexibility index (Phi) is 8.91. The fourth-order valence-corrected chi connectivity index (χ4v) is 3.41. The topological polar surface area (TPSA) is 104 Å². The van der Waals surface area contributed by atoms with Crippen molar-refractivity contribution in [2.45, 2.75) is 72.7 Å². The molecule has 38 heavy (non-hydrogen) atoms. The van der Waals surface area contributed by atoms with Gasteiger partial charge in [-0.05, 0) is 61.5 Å². The Hall–Kier alpha value is -3.57. The molecule has 0 amide bonds. The summed E-state index contributed by atoms with van der Waals surface area (Å²) in [6.07, 6.45) is 0.242. The molecule has 1 aromatic carbocycles. The highest BCUT2D eigenvalue weighted by Gasteiger charge is 2.36. The minimum absolute atomic E-state index is 0.464. The van der Waals surface area contributed by atoms with Crippen molar-refractivity contribution in [3.63, 3.8) is 0 Å². The summed E-state index contributed by atoms with van der Waals surface area (Å²) in [5.74, 6) is -9.79. The van der Waals surface area contributed by atoms with Crippen LogP contribution in [0.15, 0.2) is 17.1 Å². The lowest BCUT2D eigenvalue weighted by Gasteiger charge is -2.31. The van der Waals surface area contributed by atoms with Crippen molar-refractivity contribution in [1.29, 1.82) is 0 Å². The molecule has 0 saturated carbocycles. The van der Waals surface area contributed by atoms with Crippen LogP contribution in [0, 0.1) is 23.4 Å². The molecule has 12 heteroatoms. The molecule has 0 radical (unpaired) electrons. The van der Waals surface area contributed by atoms with E-state index in [4.69, 9.17) is 14.2 Å². The highest BCUT2D eigenvalue weighted by atomic mass is 19.2. The average Bonchev–Trinajstić information content (AvgIpc) is 2.73. The number of aromatic nitrogens is 1. The van der Waals surface area contributed by atoms with Gasteiger partial charge in [-0.25, -0.2) is 18.0 Å². The molecule has 0 bridgehead atoms. The number of benzene rings is 1. The maximum Gasteiger partial charge on any atom is 0.343 e. The Morgan fingerprint density at radius 2 is 1.45 bits per heavy atom. The summed E-state index contributed by atoms with van der Waals surface area (Å²) in [7, 11) is 1.28. The minimum atomic E-state index is -1.85. The zero-order valence-corrected chi connectivity index (χ0v) is 22.9. The van der Waals surface area contributed by atoms with Gasteiger partial charge in [0.2, 0.25) is 5.43 Å². The first-order valence-corrected chi connectivity index (χ1v) is 11.8. The van der Waals surface area contributed by atoms with Gasteiger partial charge in [0.05, 0.1) is 18.0 Å². The zero-order valence-electron chi connectivity index (χ0n) is 22.9. The van der Waals surface area contributed by atoms with Crippen LogP contribution in [0.1, 0.15) is 65.7 Å². The summed E-state index contributed by atoms with van der Waals surface area (Å²) < 4.78 is 60.0. The van der Waals surface area contributed by atoms with E-state index in [1.807, 2.05) is 0 Å². The normalized spacial score (nSPS) is 12.2. The lowest BCUT2D eigenvalue weighted by Crippen LogP contribution is -2.46. The number of esters is 3. The number of nitrogens with zero attached hydrogens (tertiary/aromatic N) is 2. The summed E-state index contributed by atoms with van der Waals surface area (Å²) in [6, 6.07) is 0.464. The fourth-order valence-electron chi connectivity index (χ4n) is 3.41. The number of carbonyl (C=O) groups excluding carboxylic acids is 3. The second-order valence-corrected chi connectivity index (χ2v) is 11.0. The van der Waals surface area contributed by atoms with Crippen molar-refractivity contribution < 1.29 is 41.8 Å². The molecule has 0 saturated heterocycles. The summed E-state index contributed by atoms with van der Waals surface area (Å²) in [6.45, 7) is 12.1.